The second-order valence-electron chi connectivity index (χ2n) is 5.17. The number of hydrogen-bond acceptors (Lipinski definition) is 4. The van der Waals surface area contributed by atoms with Crippen molar-refractivity contribution in [1.29, 1.82) is 0 Å². The van der Waals surface area contributed by atoms with E-state index < -0.39 is 6.04 Å². The van der Waals surface area contributed by atoms with Gasteiger partial charge in [0.05, 0.1) is 4.88 Å². The van der Waals surface area contributed by atoms with Crippen molar-refractivity contribution in [3.8, 4) is 0 Å². The van der Waals surface area contributed by atoms with Crippen LogP contribution in [0.3, 0.4) is 0 Å². The van der Waals surface area contributed by atoms with Crippen LogP contribution in [0.2, 0.25) is 0 Å². The Labute approximate surface area is 144 Å². The number of carbonyl (C=O) groups excluding carboxylic acids is 3. The number of amides is 3. The summed E-state index contributed by atoms with van der Waals surface area (Å²) >= 11 is 1.32. The fourth-order valence-corrected chi connectivity index (χ4v) is 2.63. The van der Waals surface area contributed by atoms with E-state index >= 15 is 0 Å². The zero-order valence-corrected chi connectivity index (χ0v) is 14.3. The fraction of sp³-hybridized carbons (Fsp3) is 0.235. The first-order valence-electron chi connectivity index (χ1n) is 7.44. The van der Waals surface area contributed by atoms with Gasteiger partial charge in [-0.05, 0) is 36.1 Å². The van der Waals surface area contributed by atoms with Crippen LogP contribution in [0.15, 0.2) is 41.8 Å². The summed E-state index contributed by atoms with van der Waals surface area (Å²) in [6.07, 6.45) is 0. The highest BCUT2D eigenvalue weighted by atomic mass is 32.1. The van der Waals surface area contributed by atoms with E-state index in [2.05, 4.69) is 16.0 Å². The van der Waals surface area contributed by atoms with Crippen LogP contribution in [0, 0.1) is 0 Å². The molecular weight excluding hydrogens is 326 g/mol. The van der Waals surface area contributed by atoms with E-state index in [4.69, 9.17) is 0 Å². The van der Waals surface area contributed by atoms with Crippen molar-refractivity contribution in [3.05, 3.63) is 57.8 Å². The molecule has 7 heteroatoms. The molecule has 0 saturated carbocycles. The maximum atomic E-state index is 12.1. The van der Waals surface area contributed by atoms with Crippen molar-refractivity contribution in [1.82, 2.24) is 16.0 Å². The van der Waals surface area contributed by atoms with Crippen LogP contribution >= 0.6 is 11.3 Å². The van der Waals surface area contributed by atoms with E-state index in [1.54, 1.807) is 50.4 Å². The molecule has 0 aliphatic rings. The average Bonchev–Trinajstić information content (AvgIpc) is 3.14. The van der Waals surface area contributed by atoms with Gasteiger partial charge in [-0.3, -0.25) is 14.4 Å². The predicted molar refractivity (Wildman–Crippen MR) is 92.9 cm³/mol. The maximum absolute atomic E-state index is 12.1. The first-order valence-corrected chi connectivity index (χ1v) is 8.32. The van der Waals surface area contributed by atoms with E-state index in [0.717, 1.165) is 5.56 Å². The summed E-state index contributed by atoms with van der Waals surface area (Å²) in [5, 5.41) is 9.77. The first kappa shape index (κ1) is 17.7. The van der Waals surface area contributed by atoms with Crippen LogP contribution in [-0.2, 0) is 11.3 Å². The standard InChI is InChI=1S/C17H19N3O3S/c1-11(20-17(23)14-4-3-9-24-14)15(21)19-10-12-5-7-13(8-6-12)16(22)18-2/h3-9,11H,10H2,1-2H3,(H,18,22)(H,19,21)(H,20,23). The van der Waals surface area contributed by atoms with Gasteiger partial charge >= 0.3 is 0 Å². The summed E-state index contributed by atoms with van der Waals surface area (Å²) in [6.45, 7) is 1.96. The fourth-order valence-electron chi connectivity index (χ4n) is 2.00. The third-order valence-electron chi connectivity index (χ3n) is 3.40. The molecule has 3 N–H and O–H groups in total. The third kappa shape index (κ3) is 4.66. The molecule has 2 aromatic rings. The zero-order valence-electron chi connectivity index (χ0n) is 13.5. The Morgan fingerprint density at radius 2 is 1.79 bits per heavy atom. The van der Waals surface area contributed by atoms with Gasteiger partial charge in [0, 0.05) is 19.2 Å². The van der Waals surface area contributed by atoms with Gasteiger partial charge in [-0.15, -0.1) is 11.3 Å². The molecule has 1 atom stereocenters. The van der Waals surface area contributed by atoms with Crippen molar-refractivity contribution in [2.45, 2.75) is 19.5 Å². The van der Waals surface area contributed by atoms with Crippen molar-refractivity contribution in [3.63, 3.8) is 0 Å². The average molecular weight is 345 g/mol. The van der Waals surface area contributed by atoms with Gasteiger partial charge in [0.1, 0.15) is 6.04 Å². The Kier molecular flexibility index (Phi) is 6.08. The second kappa shape index (κ2) is 8.26. The van der Waals surface area contributed by atoms with Gasteiger partial charge in [0.25, 0.3) is 11.8 Å². The van der Waals surface area contributed by atoms with E-state index in [-0.39, 0.29) is 17.7 Å². The van der Waals surface area contributed by atoms with Gasteiger partial charge in [0.2, 0.25) is 5.91 Å². The second-order valence-corrected chi connectivity index (χ2v) is 6.11. The Hall–Kier alpha value is -2.67. The summed E-state index contributed by atoms with van der Waals surface area (Å²) in [7, 11) is 1.57. The number of rotatable bonds is 6. The topological polar surface area (TPSA) is 87.3 Å². The number of hydrogen-bond donors (Lipinski definition) is 3. The third-order valence-corrected chi connectivity index (χ3v) is 4.26. The molecule has 0 radical (unpaired) electrons. The lowest BCUT2D eigenvalue weighted by atomic mass is 10.1. The quantitative estimate of drug-likeness (QED) is 0.742. The molecule has 0 bridgehead atoms. The largest absolute Gasteiger partial charge is 0.355 e. The monoisotopic (exact) mass is 345 g/mol. The highest BCUT2D eigenvalue weighted by molar-refractivity contribution is 7.12. The maximum Gasteiger partial charge on any atom is 0.261 e. The molecule has 1 aromatic heterocycles. The Bertz CT molecular complexity index is 711. The van der Waals surface area contributed by atoms with Crippen molar-refractivity contribution < 1.29 is 14.4 Å². The smallest absolute Gasteiger partial charge is 0.261 e. The van der Waals surface area contributed by atoms with Gasteiger partial charge in [0.15, 0.2) is 0 Å². The predicted octanol–water partition coefficient (Wildman–Crippen LogP) is 1.54. The molecule has 3 amide bonds. The summed E-state index contributed by atoms with van der Waals surface area (Å²) in [4.78, 5) is 36.0. The molecule has 6 nitrogen and oxygen atoms in total. The van der Waals surface area contributed by atoms with Gasteiger partial charge in [-0.2, -0.15) is 0 Å². The Morgan fingerprint density at radius 3 is 2.38 bits per heavy atom. The molecule has 2 rings (SSSR count). The van der Waals surface area contributed by atoms with Crippen LogP contribution in [0.1, 0.15) is 32.5 Å². The molecule has 24 heavy (non-hydrogen) atoms. The Balaban J connectivity index is 1.83. The van der Waals surface area contributed by atoms with Crippen LogP contribution in [0.25, 0.3) is 0 Å². The van der Waals surface area contributed by atoms with Crippen LogP contribution < -0.4 is 16.0 Å². The lowest BCUT2D eigenvalue weighted by molar-refractivity contribution is -0.122. The number of benzene rings is 1. The van der Waals surface area contributed by atoms with Crippen molar-refractivity contribution in [2.24, 2.45) is 0 Å². The lowest BCUT2D eigenvalue weighted by Gasteiger charge is -2.13. The molecular formula is C17H19N3O3S. The van der Waals surface area contributed by atoms with E-state index in [1.807, 2.05) is 5.38 Å². The van der Waals surface area contributed by atoms with E-state index in [1.165, 1.54) is 11.3 Å². The number of nitrogens with one attached hydrogen (secondary N) is 3. The molecule has 0 aliphatic heterocycles. The molecule has 1 unspecified atom stereocenters. The van der Waals surface area contributed by atoms with E-state index in [9.17, 15) is 14.4 Å². The molecule has 1 heterocycles. The first-order chi connectivity index (χ1) is 11.5. The van der Waals surface area contributed by atoms with Crippen LogP contribution in [0.4, 0.5) is 0 Å². The summed E-state index contributed by atoms with van der Waals surface area (Å²) in [5.41, 5.74) is 1.43. The summed E-state index contributed by atoms with van der Waals surface area (Å²) < 4.78 is 0. The normalized spacial score (nSPS) is 11.4. The minimum absolute atomic E-state index is 0.157. The van der Waals surface area contributed by atoms with Crippen LogP contribution in [0.5, 0.6) is 0 Å². The highest BCUT2D eigenvalue weighted by Gasteiger charge is 2.16. The molecule has 1 aromatic carbocycles. The minimum atomic E-state index is -0.634. The molecule has 0 aliphatic carbocycles. The minimum Gasteiger partial charge on any atom is -0.355 e. The highest BCUT2D eigenvalue weighted by Crippen LogP contribution is 2.08. The zero-order chi connectivity index (χ0) is 17.5. The molecule has 0 spiro atoms. The van der Waals surface area contributed by atoms with Crippen molar-refractivity contribution in [2.75, 3.05) is 7.05 Å². The SMILES string of the molecule is CNC(=O)c1ccc(CNC(=O)C(C)NC(=O)c2cccs2)cc1. The summed E-state index contributed by atoms with van der Waals surface area (Å²) in [5.74, 6) is -0.687. The molecule has 0 fully saturated rings. The molecule has 126 valence electrons. The van der Waals surface area contributed by atoms with E-state index in [0.29, 0.717) is 17.0 Å². The van der Waals surface area contributed by atoms with Crippen molar-refractivity contribution >= 4 is 29.1 Å². The lowest BCUT2D eigenvalue weighted by Crippen LogP contribution is -2.44. The number of thiophene rings is 1. The van der Waals surface area contributed by atoms with Gasteiger partial charge in [-0.25, -0.2) is 0 Å². The number of carbonyl (C=O) groups is 3. The molecule has 0 saturated heterocycles. The van der Waals surface area contributed by atoms with Crippen LogP contribution in [-0.4, -0.2) is 30.8 Å². The van der Waals surface area contributed by atoms with Gasteiger partial charge < -0.3 is 16.0 Å². The van der Waals surface area contributed by atoms with Gasteiger partial charge in [-0.1, -0.05) is 18.2 Å². The Morgan fingerprint density at radius 1 is 1.08 bits per heavy atom. The summed E-state index contributed by atoms with van der Waals surface area (Å²) in [6, 6.07) is 9.81.